The van der Waals surface area contributed by atoms with Crippen molar-refractivity contribution in [2.45, 2.75) is 6.18 Å². The zero-order chi connectivity index (χ0) is 21.6. The summed E-state index contributed by atoms with van der Waals surface area (Å²) in [6, 6.07) is 7.21. The number of nitrogens with two attached hydrogens (primary N) is 1. The molecule has 2 aromatic carbocycles. The first-order valence-electron chi connectivity index (χ1n) is 8.07. The Labute approximate surface area is 163 Å². The SMILES string of the molecule is COc1cc(C(=O)NNc2ccccc2C(F)(F)F)cc(OC)c1OCC(N)=O. The van der Waals surface area contributed by atoms with E-state index in [0.717, 1.165) is 6.07 Å². The zero-order valence-corrected chi connectivity index (χ0v) is 15.4. The fourth-order valence-electron chi connectivity index (χ4n) is 2.33. The number of carbonyl (C=O) groups is 2. The molecule has 0 spiro atoms. The maximum atomic E-state index is 13.0. The van der Waals surface area contributed by atoms with Crippen LogP contribution in [0.25, 0.3) is 0 Å². The van der Waals surface area contributed by atoms with Crippen LogP contribution in [0.15, 0.2) is 36.4 Å². The van der Waals surface area contributed by atoms with E-state index in [-0.39, 0.29) is 28.5 Å². The average Bonchev–Trinajstić information content (AvgIpc) is 2.69. The second-order valence-electron chi connectivity index (χ2n) is 5.59. The lowest BCUT2D eigenvalue weighted by Crippen LogP contribution is -2.30. The highest BCUT2D eigenvalue weighted by atomic mass is 19.4. The lowest BCUT2D eigenvalue weighted by atomic mass is 10.1. The molecule has 0 aliphatic carbocycles. The number of methoxy groups -OCH3 is 2. The van der Waals surface area contributed by atoms with Crippen molar-refractivity contribution >= 4 is 17.5 Å². The minimum absolute atomic E-state index is 0.00196. The van der Waals surface area contributed by atoms with Crippen molar-refractivity contribution in [3.05, 3.63) is 47.5 Å². The van der Waals surface area contributed by atoms with E-state index in [4.69, 9.17) is 19.9 Å². The van der Waals surface area contributed by atoms with Gasteiger partial charge in [0, 0.05) is 5.56 Å². The van der Waals surface area contributed by atoms with Crippen LogP contribution in [0.4, 0.5) is 18.9 Å². The van der Waals surface area contributed by atoms with Gasteiger partial charge < -0.3 is 19.9 Å². The predicted octanol–water partition coefficient (Wildman–Crippen LogP) is 2.34. The number of halogens is 3. The number of alkyl halides is 3. The van der Waals surface area contributed by atoms with Crippen LogP contribution in [0.3, 0.4) is 0 Å². The van der Waals surface area contributed by atoms with Gasteiger partial charge in [0.05, 0.1) is 25.5 Å². The van der Waals surface area contributed by atoms with Gasteiger partial charge in [0.2, 0.25) is 5.75 Å². The van der Waals surface area contributed by atoms with Crippen molar-refractivity contribution in [2.75, 3.05) is 26.3 Å². The summed E-state index contributed by atoms with van der Waals surface area (Å²) in [6.45, 7) is -0.450. The molecule has 0 atom stereocenters. The van der Waals surface area contributed by atoms with Crippen LogP contribution in [0.5, 0.6) is 17.2 Å². The van der Waals surface area contributed by atoms with E-state index in [1.54, 1.807) is 0 Å². The Morgan fingerprint density at radius 3 is 2.17 bits per heavy atom. The van der Waals surface area contributed by atoms with Gasteiger partial charge >= 0.3 is 6.18 Å². The summed E-state index contributed by atoms with van der Waals surface area (Å²) in [5.74, 6) is -1.33. The molecule has 0 unspecified atom stereocenters. The van der Waals surface area contributed by atoms with Crippen LogP contribution in [0.1, 0.15) is 15.9 Å². The normalized spacial score (nSPS) is 10.8. The third kappa shape index (κ3) is 5.43. The molecule has 0 aliphatic heterocycles. The molecule has 156 valence electrons. The van der Waals surface area contributed by atoms with Gasteiger partial charge in [0.25, 0.3) is 11.8 Å². The summed E-state index contributed by atoms with van der Waals surface area (Å²) in [5.41, 5.74) is 8.22. The van der Waals surface area contributed by atoms with Crippen molar-refractivity contribution in [3.63, 3.8) is 0 Å². The Morgan fingerprint density at radius 1 is 1.07 bits per heavy atom. The smallest absolute Gasteiger partial charge is 0.418 e. The number of amides is 2. The van der Waals surface area contributed by atoms with E-state index in [1.165, 1.54) is 44.6 Å². The molecule has 2 rings (SSSR count). The van der Waals surface area contributed by atoms with Gasteiger partial charge in [-0.2, -0.15) is 13.2 Å². The van der Waals surface area contributed by atoms with E-state index in [0.29, 0.717) is 0 Å². The third-order valence-corrected chi connectivity index (χ3v) is 3.62. The number of ether oxygens (including phenoxy) is 3. The predicted molar refractivity (Wildman–Crippen MR) is 96.8 cm³/mol. The first kappa shape index (κ1) is 21.7. The summed E-state index contributed by atoms with van der Waals surface area (Å²) in [4.78, 5) is 23.3. The molecule has 0 bridgehead atoms. The Hall–Kier alpha value is -3.63. The van der Waals surface area contributed by atoms with Gasteiger partial charge in [0.15, 0.2) is 18.1 Å². The number of hydrazine groups is 1. The lowest BCUT2D eigenvalue weighted by molar-refractivity contribution is -0.137. The highest BCUT2D eigenvalue weighted by molar-refractivity contribution is 5.96. The van der Waals surface area contributed by atoms with Gasteiger partial charge in [-0.3, -0.25) is 20.4 Å². The highest BCUT2D eigenvalue weighted by Crippen LogP contribution is 2.38. The molecule has 0 radical (unpaired) electrons. The minimum Gasteiger partial charge on any atom is -0.493 e. The molecule has 0 fully saturated rings. The zero-order valence-electron chi connectivity index (χ0n) is 15.4. The average molecular weight is 413 g/mol. The van der Waals surface area contributed by atoms with E-state index in [9.17, 15) is 22.8 Å². The molecule has 2 aromatic rings. The third-order valence-electron chi connectivity index (χ3n) is 3.62. The number of para-hydroxylation sites is 1. The highest BCUT2D eigenvalue weighted by Gasteiger charge is 2.33. The second kappa shape index (κ2) is 9.04. The standard InChI is InChI=1S/C18H18F3N3O5/c1-27-13-7-10(8-14(28-2)16(13)29-9-15(22)25)17(26)24-23-12-6-4-3-5-11(12)18(19,20)21/h3-8,23H,9H2,1-2H3,(H2,22,25)(H,24,26). The fourth-order valence-corrected chi connectivity index (χ4v) is 2.33. The summed E-state index contributed by atoms with van der Waals surface area (Å²) in [7, 11) is 2.59. The molecular weight excluding hydrogens is 395 g/mol. The number of rotatable bonds is 8. The molecule has 8 nitrogen and oxygen atoms in total. The van der Waals surface area contributed by atoms with Crippen molar-refractivity contribution in [2.24, 2.45) is 5.73 Å². The van der Waals surface area contributed by atoms with E-state index < -0.39 is 30.2 Å². The number of benzene rings is 2. The van der Waals surface area contributed by atoms with Gasteiger partial charge in [-0.1, -0.05) is 12.1 Å². The number of nitrogens with one attached hydrogen (secondary N) is 2. The molecule has 11 heteroatoms. The Bertz CT molecular complexity index is 878. The molecule has 0 saturated heterocycles. The molecular formula is C18H18F3N3O5. The molecule has 0 saturated carbocycles. The van der Waals surface area contributed by atoms with Crippen molar-refractivity contribution in [1.82, 2.24) is 5.43 Å². The summed E-state index contributed by atoms with van der Waals surface area (Å²) in [5, 5.41) is 0. The van der Waals surface area contributed by atoms with Gasteiger partial charge in [-0.15, -0.1) is 0 Å². The van der Waals surface area contributed by atoms with Crippen LogP contribution in [0.2, 0.25) is 0 Å². The molecule has 0 heterocycles. The lowest BCUT2D eigenvalue weighted by Gasteiger charge is -2.17. The Morgan fingerprint density at radius 2 is 1.66 bits per heavy atom. The van der Waals surface area contributed by atoms with Gasteiger partial charge in [-0.05, 0) is 24.3 Å². The molecule has 0 aromatic heterocycles. The number of hydrogen-bond donors (Lipinski definition) is 3. The Kier molecular flexibility index (Phi) is 6.75. The first-order valence-corrected chi connectivity index (χ1v) is 8.07. The topological polar surface area (TPSA) is 112 Å². The minimum atomic E-state index is -4.60. The van der Waals surface area contributed by atoms with E-state index in [1.807, 2.05) is 0 Å². The largest absolute Gasteiger partial charge is 0.493 e. The summed E-state index contributed by atoms with van der Waals surface area (Å²) in [6.07, 6.45) is -4.60. The van der Waals surface area contributed by atoms with Crippen molar-refractivity contribution in [3.8, 4) is 17.2 Å². The monoisotopic (exact) mass is 413 g/mol. The van der Waals surface area contributed by atoms with Crippen molar-refractivity contribution in [1.29, 1.82) is 0 Å². The first-order chi connectivity index (χ1) is 13.7. The maximum Gasteiger partial charge on any atom is 0.418 e. The van der Waals surface area contributed by atoms with E-state index in [2.05, 4.69) is 10.9 Å². The molecule has 29 heavy (non-hydrogen) atoms. The summed E-state index contributed by atoms with van der Waals surface area (Å²) < 4.78 is 54.6. The van der Waals surface area contributed by atoms with Crippen LogP contribution in [-0.4, -0.2) is 32.6 Å². The van der Waals surface area contributed by atoms with E-state index >= 15 is 0 Å². The van der Waals surface area contributed by atoms with Crippen molar-refractivity contribution < 1.29 is 37.0 Å². The Balaban J connectivity index is 2.24. The molecule has 2 amide bonds. The van der Waals surface area contributed by atoms with Crippen LogP contribution in [0, 0.1) is 0 Å². The molecule has 0 aliphatic rings. The second-order valence-corrected chi connectivity index (χ2v) is 5.59. The van der Waals surface area contributed by atoms with Crippen LogP contribution >= 0.6 is 0 Å². The van der Waals surface area contributed by atoms with Crippen LogP contribution in [-0.2, 0) is 11.0 Å². The number of primary amides is 1. The van der Waals surface area contributed by atoms with Gasteiger partial charge in [-0.25, -0.2) is 0 Å². The summed E-state index contributed by atoms with van der Waals surface area (Å²) >= 11 is 0. The number of carbonyl (C=O) groups excluding carboxylic acids is 2. The number of hydrogen-bond acceptors (Lipinski definition) is 6. The fraction of sp³-hybridized carbons (Fsp3) is 0.222. The molecule has 4 N–H and O–H groups in total. The quantitative estimate of drug-likeness (QED) is 0.573. The van der Waals surface area contributed by atoms with Crippen LogP contribution < -0.4 is 30.8 Å². The van der Waals surface area contributed by atoms with Gasteiger partial charge in [0.1, 0.15) is 0 Å². The maximum absolute atomic E-state index is 13.0. The number of anilines is 1.